The minimum atomic E-state index is -0.133. The molecule has 0 spiro atoms. The summed E-state index contributed by atoms with van der Waals surface area (Å²) < 4.78 is 2.81. The Hall–Kier alpha value is -1.73. The SMILES string of the molecule is CNCCCNC(=O)c1nnn(-c2ccc(Br)cc2)c1C1CC1. The molecule has 1 aliphatic rings. The van der Waals surface area contributed by atoms with Crippen LogP contribution in [0.2, 0.25) is 0 Å². The van der Waals surface area contributed by atoms with Crippen LogP contribution in [-0.2, 0) is 0 Å². The molecule has 3 rings (SSSR count). The van der Waals surface area contributed by atoms with Gasteiger partial charge in [-0.15, -0.1) is 5.10 Å². The molecule has 2 aromatic rings. The van der Waals surface area contributed by atoms with E-state index in [1.54, 1.807) is 4.68 Å². The fourth-order valence-electron chi connectivity index (χ4n) is 2.50. The Morgan fingerprint density at radius 2 is 2.04 bits per heavy atom. The Balaban J connectivity index is 1.81. The summed E-state index contributed by atoms with van der Waals surface area (Å²) >= 11 is 3.43. The molecule has 1 aromatic carbocycles. The Bertz CT molecular complexity index is 678. The van der Waals surface area contributed by atoms with E-state index in [9.17, 15) is 4.79 Å². The maximum Gasteiger partial charge on any atom is 0.273 e. The highest BCUT2D eigenvalue weighted by atomic mass is 79.9. The van der Waals surface area contributed by atoms with Crippen LogP contribution in [0.5, 0.6) is 0 Å². The van der Waals surface area contributed by atoms with Crippen molar-refractivity contribution < 1.29 is 4.79 Å². The number of benzene rings is 1. The lowest BCUT2D eigenvalue weighted by molar-refractivity contribution is 0.0947. The summed E-state index contributed by atoms with van der Waals surface area (Å²) in [6.45, 7) is 1.51. The highest BCUT2D eigenvalue weighted by Gasteiger charge is 2.34. The number of hydrogen-bond donors (Lipinski definition) is 2. The number of carbonyl (C=O) groups excluding carboxylic acids is 1. The summed E-state index contributed by atoms with van der Waals surface area (Å²) in [6.07, 6.45) is 3.07. The van der Waals surface area contributed by atoms with Gasteiger partial charge in [-0.25, -0.2) is 4.68 Å². The van der Waals surface area contributed by atoms with Crippen molar-refractivity contribution in [2.75, 3.05) is 20.1 Å². The van der Waals surface area contributed by atoms with Crippen molar-refractivity contribution in [1.82, 2.24) is 25.6 Å². The number of rotatable bonds is 7. The second kappa shape index (κ2) is 7.23. The van der Waals surface area contributed by atoms with E-state index in [0.29, 0.717) is 18.2 Å². The van der Waals surface area contributed by atoms with Crippen molar-refractivity contribution in [1.29, 1.82) is 0 Å². The third-order valence-electron chi connectivity index (χ3n) is 3.84. The second-order valence-corrected chi connectivity index (χ2v) is 6.61. The Morgan fingerprint density at radius 1 is 1.30 bits per heavy atom. The van der Waals surface area contributed by atoms with Crippen molar-refractivity contribution in [3.05, 3.63) is 40.1 Å². The van der Waals surface area contributed by atoms with Crippen LogP contribution in [0.15, 0.2) is 28.7 Å². The van der Waals surface area contributed by atoms with Crippen LogP contribution in [0.25, 0.3) is 5.69 Å². The summed E-state index contributed by atoms with van der Waals surface area (Å²) in [5, 5.41) is 14.4. The highest BCUT2D eigenvalue weighted by molar-refractivity contribution is 9.10. The average Bonchev–Trinajstić information content (AvgIpc) is 3.30. The van der Waals surface area contributed by atoms with Crippen LogP contribution in [-0.4, -0.2) is 41.0 Å². The van der Waals surface area contributed by atoms with Gasteiger partial charge in [-0.3, -0.25) is 4.79 Å². The Kier molecular flexibility index (Phi) is 5.07. The van der Waals surface area contributed by atoms with Gasteiger partial charge >= 0.3 is 0 Å². The van der Waals surface area contributed by atoms with Gasteiger partial charge in [-0.2, -0.15) is 0 Å². The topological polar surface area (TPSA) is 71.8 Å². The molecule has 0 bridgehead atoms. The predicted molar refractivity (Wildman–Crippen MR) is 91.9 cm³/mol. The van der Waals surface area contributed by atoms with E-state index in [4.69, 9.17) is 0 Å². The summed E-state index contributed by atoms with van der Waals surface area (Å²) in [5.74, 6) is 0.248. The largest absolute Gasteiger partial charge is 0.351 e. The van der Waals surface area contributed by atoms with Crippen LogP contribution in [0.3, 0.4) is 0 Å². The third-order valence-corrected chi connectivity index (χ3v) is 4.37. The molecule has 0 saturated heterocycles. The van der Waals surface area contributed by atoms with Gasteiger partial charge in [0.05, 0.1) is 11.4 Å². The molecule has 0 atom stereocenters. The van der Waals surface area contributed by atoms with E-state index >= 15 is 0 Å². The number of hydrogen-bond acceptors (Lipinski definition) is 4. The quantitative estimate of drug-likeness (QED) is 0.725. The molecule has 1 saturated carbocycles. The van der Waals surface area contributed by atoms with Gasteiger partial charge in [-0.05, 0) is 57.1 Å². The summed E-state index contributed by atoms with van der Waals surface area (Å²) in [6, 6.07) is 7.87. The number of aromatic nitrogens is 3. The van der Waals surface area contributed by atoms with Crippen molar-refractivity contribution >= 4 is 21.8 Å². The molecule has 0 unspecified atom stereocenters. The first-order chi connectivity index (χ1) is 11.2. The zero-order valence-electron chi connectivity index (χ0n) is 13.1. The van der Waals surface area contributed by atoms with Gasteiger partial charge in [0, 0.05) is 16.9 Å². The summed E-state index contributed by atoms with van der Waals surface area (Å²) in [5.41, 5.74) is 2.31. The van der Waals surface area contributed by atoms with Crippen molar-refractivity contribution in [2.24, 2.45) is 0 Å². The number of amides is 1. The van der Waals surface area contributed by atoms with Crippen LogP contribution in [0, 0.1) is 0 Å². The summed E-state index contributed by atoms with van der Waals surface area (Å²) in [4.78, 5) is 12.4. The van der Waals surface area contributed by atoms with Gasteiger partial charge in [0.15, 0.2) is 5.69 Å². The van der Waals surface area contributed by atoms with Gasteiger partial charge < -0.3 is 10.6 Å². The van der Waals surface area contributed by atoms with Gasteiger partial charge in [0.1, 0.15) is 0 Å². The van der Waals surface area contributed by atoms with Crippen molar-refractivity contribution in [3.8, 4) is 5.69 Å². The van der Waals surface area contributed by atoms with E-state index in [1.807, 2.05) is 31.3 Å². The minimum absolute atomic E-state index is 0.133. The molecule has 1 amide bonds. The standard InChI is InChI=1S/C16H20BrN5O/c1-18-9-2-10-19-16(23)14-15(11-3-4-11)22(21-20-14)13-7-5-12(17)6-8-13/h5-8,11,18H,2-4,9-10H2,1H3,(H,19,23). The number of nitrogens with zero attached hydrogens (tertiary/aromatic N) is 3. The predicted octanol–water partition coefficient (Wildman–Crippen LogP) is 2.25. The van der Waals surface area contributed by atoms with Crippen molar-refractivity contribution in [3.63, 3.8) is 0 Å². The number of nitrogens with one attached hydrogen (secondary N) is 2. The fraction of sp³-hybridized carbons (Fsp3) is 0.438. The first-order valence-electron chi connectivity index (χ1n) is 7.85. The average molecular weight is 378 g/mol. The number of carbonyl (C=O) groups is 1. The smallest absolute Gasteiger partial charge is 0.273 e. The lowest BCUT2D eigenvalue weighted by Gasteiger charge is -2.08. The zero-order valence-corrected chi connectivity index (χ0v) is 14.6. The van der Waals surface area contributed by atoms with E-state index in [1.165, 1.54) is 0 Å². The Labute approximate surface area is 143 Å². The normalized spacial score (nSPS) is 14.0. The molecule has 7 heteroatoms. The lowest BCUT2D eigenvalue weighted by atomic mass is 10.2. The summed E-state index contributed by atoms with van der Waals surface area (Å²) in [7, 11) is 1.90. The molecule has 23 heavy (non-hydrogen) atoms. The Morgan fingerprint density at radius 3 is 2.70 bits per heavy atom. The first kappa shape index (κ1) is 16.1. The molecule has 1 fully saturated rings. The van der Waals surface area contributed by atoms with Crippen LogP contribution in [0.4, 0.5) is 0 Å². The van der Waals surface area contributed by atoms with E-state index in [0.717, 1.165) is 41.7 Å². The first-order valence-corrected chi connectivity index (χ1v) is 8.64. The second-order valence-electron chi connectivity index (χ2n) is 5.70. The molecule has 2 N–H and O–H groups in total. The number of halogens is 1. The highest BCUT2D eigenvalue weighted by Crippen LogP contribution is 2.42. The molecule has 1 aliphatic carbocycles. The molecule has 0 radical (unpaired) electrons. The van der Waals surface area contributed by atoms with Gasteiger partial charge in [-0.1, -0.05) is 21.1 Å². The zero-order chi connectivity index (χ0) is 16.2. The molecule has 6 nitrogen and oxygen atoms in total. The van der Waals surface area contributed by atoms with Crippen LogP contribution >= 0.6 is 15.9 Å². The van der Waals surface area contributed by atoms with E-state index in [2.05, 4.69) is 36.9 Å². The van der Waals surface area contributed by atoms with E-state index < -0.39 is 0 Å². The molecule has 1 heterocycles. The monoisotopic (exact) mass is 377 g/mol. The van der Waals surface area contributed by atoms with Crippen molar-refractivity contribution in [2.45, 2.75) is 25.2 Å². The third kappa shape index (κ3) is 3.79. The maximum absolute atomic E-state index is 12.4. The molecule has 122 valence electrons. The lowest BCUT2D eigenvalue weighted by Crippen LogP contribution is -2.27. The molecule has 1 aromatic heterocycles. The molecular formula is C16H20BrN5O. The van der Waals surface area contributed by atoms with E-state index in [-0.39, 0.29) is 5.91 Å². The molecule has 0 aliphatic heterocycles. The maximum atomic E-state index is 12.4. The van der Waals surface area contributed by atoms with Crippen LogP contribution in [0.1, 0.15) is 41.4 Å². The minimum Gasteiger partial charge on any atom is -0.351 e. The van der Waals surface area contributed by atoms with Gasteiger partial charge in [0.2, 0.25) is 0 Å². The fourth-order valence-corrected chi connectivity index (χ4v) is 2.76. The molecular weight excluding hydrogens is 358 g/mol. The van der Waals surface area contributed by atoms with Crippen LogP contribution < -0.4 is 10.6 Å². The van der Waals surface area contributed by atoms with Gasteiger partial charge in [0.25, 0.3) is 5.91 Å².